The number of aromatic hydroxyl groups is 1. The minimum absolute atomic E-state index is 0.144. The fraction of sp³-hybridized carbons (Fsp3) is 0.684. The van der Waals surface area contributed by atoms with Gasteiger partial charge in [0.25, 0.3) is 0 Å². The summed E-state index contributed by atoms with van der Waals surface area (Å²) in [6.07, 6.45) is 11.9. The van der Waals surface area contributed by atoms with Crippen molar-refractivity contribution in [3.63, 3.8) is 0 Å². The van der Waals surface area contributed by atoms with E-state index in [9.17, 15) is 13.5 Å². The molecule has 0 aliphatic heterocycles. The van der Waals surface area contributed by atoms with Crippen molar-refractivity contribution in [1.29, 1.82) is 0 Å². The smallest absolute Gasteiger partial charge is 0.300 e. The Bertz CT molecular complexity index is 567. The van der Waals surface area contributed by atoms with Gasteiger partial charge in [-0.25, -0.2) is 0 Å². The van der Waals surface area contributed by atoms with E-state index in [2.05, 4.69) is 6.92 Å². The van der Waals surface area contributed by atoms with Crippen molar-refractivity contribution in [2.75, 3.05) is 6.61 Å². The van der Waals surface area contributed by atoms with Crippen LogP contribution < -0.4 is 0 Å². The molecule has 0 aromatic heterocycles. The van der Waals surface area contributed by atoms with Crippen molar-refractivity contribution in [3.8, 4) is 5.75 Å². The average molecular weight is 357 g/mol. The Labute approximate surface area is 147 Å². The molecule has 1 N–H and O–H groups in total. The summed E-state index contributed by atoms with van der Waals surface area (Å²) in [5.41, 5.74) is 0.772. The van der Waals surface area contributed by atoms with Gasteiger partial charge in [-0.3, -0.25) is 4.18 Å². The van der Waals surface area contributed by atoms with Gasteiger partial charge in [-0.2, -0.15) is 8.42 Å². The predicted octanol–water partition coefficient (Wildman–Crippen LogP) is 5.33. The van der Waals surface area contributed by atoms with Crippen molar-refractivity contribution < 1.29 is 17.7 Å². The second-order valence-corrected chi connectivity index (χ2v) is 8.01. The number of hydrogen-bond acceptors (Lipinski definition) is 4. The fourth-order valence-corrected chi connectivity index (χ4v) is 3.76. The number of hydrogen-bond donors (Lipinski definition) is 1. The largest absolute Gasteiger partial charge is 0.506 e. The van der Waals surface area contributed by atoms with E-state index in [1.807, 2.05) is 0 Å². The molecule has 0 saturated heterocycles. The van der Waals surface area contributed by atoms with Crippen LogP contribution in [0.1, 0.15) is 76.7 Å². The summed E-state index contributed by atoms with van der Waals surface area (Å²) in [6.45, 7) is 4.18. The number of aryl methyl sites for hydroxylation is 1. The van der Waals surface area contributed by atoms with Crippen molar-refractivity contribution >= 4 is 10.1 Å². The van der Waals surface area contributed by atoms with Crippen LogP contribution in [-0.2, 0) is 14.3 Å². The highest BCUT2D eigenvalue weighted by atomic mass is 32.2. The molecule has 138 valence electrons. The molecule has 4 nitrogen and oxygen atoms in total. The molecule has 0 unspecified atom stereocenters. The molecule has 0 spiro atoms. The van der Waals surface area contributed by atoms with Gasteiger partial charge in [-0.1, -0.05) is 70.8 Å². The van der Waals surface area contributed by atoms with E-state index in [-0.39, 0.29) is 17.3 Å². The molecular formula is C19H32O4S. The van der Waals surface area contributed by atoms with Gasteiger partial charge in [0.1, 0.15) is 10.6 Å². The molecule has 0 radical (unpaired) electrons. The number of benzene rings is 1. The topological polar surface area (TPSA) is 63.6 Å². The van der Waals surface area contributed by atoms with Gasteiger partial charge in [-0.05, 0) is 31.0 Å². The highest BCUT2D eigenvalue weighted by Gasteiger charge is 2.19. The highest BCUT2D eigenvalue weighted by Crippen LogP contribution is 2.25. The molecule has 0 amide bonds. The lowest BCUT2D eigenvalue weighted by Gasteiger charge is -2.08. The Kier molecular flexibility index (Phi) is 10.0. The third-order valence-electron chi connectivity index (χ3n) is 4.12. The fourth-order valence-electron chi connectivity index (χ4n) is 2.64. The number of phenolic OH excluding ortho intramolecular Hbond substituents is 1. The van der Waals surface area contributed by atoms with Crippen molar-refractivity contribution in [2.45, 2.75) is 83.0 Å². The van der Waals surface area contributed by atoms with Crippen LogP contribution >= 0.6 is 0 Å². The second-order valence-electron chi connectivity index (χ2n) is 6.43. The molecule has 0 bridgehead atoms. The minimum Gasteiger partial charge on any atom is -0.506 e. The SMILES string of the molecule is CCCCCCCCCCCCOS(=O)(=O)c1cc(C)ccc1O. The van der Waals surface area contributed by atoms with E-state index in [1.54, 1.807) is 13.0 Å². The first kappa shape index (κ1) is 21.0. The summed E-state index contributed by atoms with van der Waals surface area (Å²) in [5, 5.41) is 9.69. The molecule has 1 aromatic rings. The molecule has 24 heavy (non-hydrogen) atoms. The monoisotopic (exact) mass is 356 g/mol. The van der Waals surface area contributed by atoms with Crippen molar-refractivity contribution in [2.24, 2.45) is 0 Å². The normalized spacial score (nSPS) is 11.8. The third kappa shape index (κ3) is 8.15. The van der Waals surface area contributed by atoms with Crippen LogP contribution in [-0.4, -0.2) is 20.1 Å². The van der Waals surface area contributed by atoms with Crippen molar-refractivity contribution in [3.05, 3.63) is 23.8 Å². The van der Waals surface area contributed by atoms with Crippen LogP contribution in [0, 0.1) is 6.92 Å². The van der Waals surface area contributed by atoms with Gasteiger partial charge in [0, 0.05) is 0 Å². The molecule has 1 aromatic carbocycles. The third-order valence-corrected chi connectivity index (χ3v) is 5.46. The summed E-state index contributed by atoms with van der Waals surface area (Å²) in [4.78, 5) is -0.144. The maximum absolute atomic E-state index is 12.1. The van der Waals surface area contributed by atoms with Crippen molar-refractivity contribution in [1.82, 2.24) is 0 Å². The first-order valence-electron chi connectivity index (χ1n) is 9.16. The summed E-state index contributed by atoms with van der Waals surface area (Å²) in [5.74, 6) is -0.260. The summed E-state index contributed by atoms with van der Waals surface area (Å²) in [7, 11) is -3.87. The summed E-state index contributed by atoms with van der Waals surface area (Å²) in [6, 6.07) is 4.48. The van der Waals surface area contributed by atoms with E-state index >= 15 is 0 Å². The van der Waals surface area contributed by atoms with Gasteiger partial charge in [0.15, 0.2) is 0 Å². The predicted molar refractivity (Wildman–Crippen MR) is 97.8 cm³/mol. The Hall–Kier alpha value is -1.07. The average Bonchev–Trinajstić information content (AvgIpc) is 2.54. The van der Waals surface area contributed by atoms with Crippen LogP contribution in [0.5, 0.6) is 5.75 Å². The van der Waals surface area contributed by atoms with Gasteiger partial charge in [-0.15, -0.1) is 0 Å². The highest BCUT2D eigenvalue weighted by molar-refractivity contribution is 7.86. The molecule has 0 fully saturated rings. The van der Waals surface area contributed by atoms with Gasteiger partial charge in [0.05, 0.1) is 6.61 Å². The van der Waals surface area contributed by atoms with Crippen LogP contribution in [0.3, 0.4) is 0 Å². The lowest BCUT2D eigenvalue weighted by Crippen LogP contribution is -2.08. The quantitative estimate of drug-likeness (QED) is 0.383. The molecule has 0 saturated carbocycles. The Balaban J connectivity index is 2.15. The first-order valence-corrected chi connectivity index (χ1v) is 10.6. The maximum atomic E-state index is 12.1. The number of rotatable bonds is 13. The Morgan fingerprint density at radius 3 is 2.04 bits per heavy atom. The van der Waals surface area contributed by atoms with E-state index in [0.717, 1.165) is 24.8 Å². The van der Waals surface area contributed by atoms with Gasteiger partial charge >= 0.3 is 10.1 Å². The number of unbranched alkanes of at least 4 members (excludes halogenated alkanes) is 9. The standard InChI is InChI=1S/C19H32O4S/c1-3-4-5-6-7-8-9-10-11-12-15-23-24(21,22)19-16-17(2)13-14-18(19)20/h13-14,16,20H,3-12,15H2,1-2H3. The Morgan fingerprint density at radius 1 is 0.917 bits per heavy atom. The molecule has 5 heteroatoms. The zero-order chi connectivity index (χ0) is 17.8. The van der Waals surface area contributed by atoms with E-state index < -0.39 is 10.1 Å². The minimum atomic E-state index is -3.87. The lowest BCUT2D eigenvalue weighted by molar-refractivity contribution is 0.304. The van der Waals surface area contributed by atoms with E-state index in [0.29, 0.717) is 0 Å². The second kappa shape index (κ2) is 11.5. The summed E-state index contributed by atoms with van der Waals surface area (Å²) >= 11 is 0. The van der Waals surface area contributed by atoms with Crippen LogP contribution in [0.25, 0.3) is 0 Å². The number of phenols is 1. The van der Waals surface area contributed by atoms with Crippen LogP contribution in [0.4, 0.5) is 0 Å². The lowest BCUT2D eigenvalue weighted by atomic mass is 10.1. The molecule has 1 rings (SSSR count). The Morgan fingerprint density at radius 2 is 1.46 bits per heavy atom. The van der Waals surface area contributed by atoms with E-state index in [4.69, 9.17) is 4.18 Å². The van der Waals surface area contributed by atoms with Crippen LogP contribution in [0.15, 0.2) is 23.1 Å². The van der Waals surface area contributed by atoms with Gasteiger partial charge < -0.3 is 5.11 Å². The maximum Gasteiger partial charge on any atom is 0.300 e. The molecule has 0 aliphatic carbocycles. The zero-order valence-corrected chi connectivity index (χ0v) is 15.9. The summed E-state index contributed by atoms with van der Waals surface area (Å²) < 4.78 is 29.2. The van der Waals surface area contributed by atoms with Gasteiger partial charge in [0.2, 0.25) is 0 Å². The molecular weight excluding hydrogens is 324 g/mol. The molecule has 0 atom stereocenters. The zero-order valence-electron chi connectivity index (χ0n) is 15.1. The first-order chi connectivity index (χ1) is 11.5. The van der Waals surface area contributed by atoms with Crippen LogP contribution in [0.2, 0.25) is 0 Å². The van der Waals surface area contributed by atoms with E-state index in [1.165, 1.54) is 57.1 Å². The molecule has 0 heterocycles. The molecule has 0 aliphatic rings.